The molecule has 84 valence electrons. The van der Waals surface area contributed by atoms with Gasteiger partial charge in [-0.25, -0.2) is 4.79 Å². The van der Waals surface area contributed by atoms with Crippen molar-refractivity contribution in [1.29, 1.82) is 0 Å². The number of nitrogens with zero attached hydrogens (tertiary/aromatic N) is 3. The summed E-state index contributed by atoms with van der Waals surface area (Å²) in [5, 5.41) is 8.84. The van der Waals surface area contributed by atoms with Crippen LogP contribution in [-0.4, -0.2) is 40.4 Å². The average Bonchev–Trinajstić information content (AvgIpc) is 2.30. The molecule has 0 saturated carbocycles. The maximum atomic E-state index is 10.8. The lowest BCUT2D eigenvalue weighted by Crippen LogP contribution is -2.27. The van der Waals surface area contributed by atoms with Crippen molar-refractivity contribution in [1.82, 2.24) is 9.88 Å². The predicted molar refractivity (Wildman–Crippen MR) is 59.6 cm³/mol. The lowest BCUT2D eigenvalue weighted by molar-refractivity contribution is 0.0696. The smallest absolute Gasteiger partial charge is 0.337 e. The first-order valence-electron chi connectivity index (χ1n) is 5.13. The van der Waals surface area contributed by atoms with Crippen LogP contribution in [0.2, 0.25) is 0 Å². The molecule has 0 aromatic carbocycles. The van der Waals surface area contributed by atoms with Gasteiger partial charge in [-0.15, -0.1) is 0 Å². The molecular formula is C11H13N3O2. The Kier molecular flexibility index (Phi) is 3.26. The third-order valence-corrected chi connectivity index (χ3v) is 2.43. The molecule has 0 atom stereocenters. The van der Waals surface area contributed by atoms with Crippen molar-refractivity contribution in [3.63, 3.8) is 0 Å². The van der Waals surface area contributed by atoms with E-state index in [1.54, 1.807) is 12.3 Å². The molecule has 0 radical (unpaired) electrons. The number of aromatic carboxylic acids is 1. The first-order chi connectivity index (χ1) is 7.75. The van der Waals surface area contributed by atoms with Crippen molar-refractivity contribution < 1.29 is 9.90 Å². The zero-order chi connectivity index (χ0) is 11.4. The van der Waals surface area contributed by atoms with Gasteiger partial charge in [-0.05, 0) is 18.1 Å². The Morgan fingerprint density at radius 3 is 3.06 bits per heavy atom. The molecule has 2 rings (SSSR count). The number of rotatable bonds is 3. The Hall–Kier alpha value is -1.75. The van der Waals surface area contributed by atoms with Gasteiger partial charge in [0.25, 0.3) is 0 Å². The van der Waals surface area contributed by atoms with E-state index in [9.17, 15) is 4.79 Å². The fourth-order valence-corrected chi connectivity index (χ4v) is 1.65. The number of carbonyl (C=O) groups is 1. The summed E-state index contributed by atoms with van der Waals surface area (Å²) >= 11 is 0. The number of pyridine rings is 1. The Balaban J connectivity index is 2.06. The van der Waals surface area contributed by atoms with Gasteiger partial charge < -0.3 is 5.11 Å². The summed E-state index contributed by atoms with van der Waals surface area (Å²) in [5.74, 6) is -0.939. The Labute approximate surface area is 93.4 Å². The number of carboxylic acid groups (broad SMARTS) is 1. The molecular weight excluding hydrogens is 206 g/mol. The van der Waals surface area contributed by atoms with E-state index in [1.807, 2.05) is 6.21 Å². The average molecular weight is 219 g/mol. The summed E-state index contributed by atoms with van der Waals surface area (Å²) in [4.78, 5) is 21.0. The molecule has 0 aliphatic carbocycles. The van der Waals surface area contributed by atoms with Crippen LogP contribution in [0.4, 0.5) is 0 Å². The molecule has 1 aliphatic heterocycles. The highest BCUT2D eigenvalue weighted by Crippen LogP contribution is 2.08. The van der Waals surface area contributed by atoms with Crippen molar-refractivity contribution in [2.75, 3.05) is 13.2 Å². The maximum absolute atomic E-state index is 10.8. The van der Waals surface area contributed by atoms with E-state index in [2.05, 4.69) is 14.9 Å². The van der Waals surface area contributed by atoms with Crippen LogP contribution in [0.3, 0.4) is 0 Å². The van der Waals surface area contributed by atoms with Crippen LogP contribution >= 0.6 is 0 Å². The molecule has 0 amide bonds. The minimum Gasteiger partial charge on any atom is -0.478 e. The van der Waals surface area contributed by atoms with Crippen LogP contribution in [0.15, 0.2) is 23.5 Å². The first kappa shape index (κ1) is 10.8. The van der Waals surface area contributed by atoms with Gasteiger partial charge in [-0.3, -0.25) is 14.9 Å². The molecule has 0 fully saturated rings. The molecule has 0 unspecified atom stereocenters. The van der Waals surface area contributed by atoms with Gasteiger partial charge in [0.1, 0.15) is 0 Å². The van der Waals surface area contributed by atoms with E-state index in [1.165, 1.54) is 6.20 Å². The van der Waals surface area contributed by atoms with Crippen molar-refractivity contribution in [3.05, 3.63) is 29.6 Å². The van der Waals surface area contributed by atoms with E-state index >= 15 is 0 Å². The van der Waals surface area contributed by atoms with E-state index in [0.29, 0.717) is 13.2 Å². The second-order valence-corrected chi connectivity index (χ2v) is 3.73. The van der Waals surface area contributed by atoms with Crippen LogP contribution in [0.25, 0.3) is 0 Å². The summed E-state index contributed by atoms with van der Waals surface area (Å²) in [6, 6.07) is 1.66. The van der Waals surface area contributed by atoms with Gasteiger partial charge in [-0.1, -0.05) is 0 Å². The monoisotopic (exact) mass is 219 g/mol. The fourth-order valence-electron chi connectivity index (χ4n) is 1.65. The summed E-state index contributed by atoms with van der Waals surface area (Å²) < 4.78 is 0. The molecule has 0 saturated heterocycles. The molecule has 5 nitrogen and oxygen atoms in total. The molecule has 16 heavy (non-hydrogen) atoms. The molecule has 1 N–H and O–H groups in total. The lowest BCUT2D eigenvalue weighted by Gasteiger charge is -2.22. The van der Waals surface area contributed by atoms with E-state index in [4.69, 9.17) is 5.11 Å². The van der Waals surface area contributed by atoms with Crippen molar-refractivity contribution in [2.45, 2.75) is 13.0 Å². The van der Waals surface area contributed by atoms with Crippen LogP contribution in [-0.2, 0) is 6.54 Å². The third kappa shape index (κ3) is 2.64. The summed E-state index contributed by atoms with van der Waals surface area (Å²) in [6.07, 6.45) is 5.93. The second kappa shape index (κ2) is 4.85. The van der Waals surface area contributed by atoms with Crippen LogP contribution in [0.1, 0.15) is 22.3 Å². The number of aromatic nitrogens is 1. The molecule has 2 heterocycles. The number of hydrogen-bond donors (Lipinski definition) is 1. The highest BCUT2D eigenvalue weighted by Gasteiger charge is 2.09. The Morgan fingerprint density at radius 2 is 2.38 bits per heavy atom. The standard InChI is InChI=1S/C11H13N3O2/c15-11(16)10-4-9(5-13-6-10)7-14-3-1-2-12-8-14/h2,4-6H,1,3,7-8H2,(H,15,16). The largest absolute Gasteiger partial charge is 0.478 e. The molecule has 1 aliphatic rings. The minimum absolute atomic E-state index is 0.234. The van der Waals surface area contributed by atoms with Crippen molar-refractivity contribution in [2.24, 2.45) is 4.99 Å². The van der Waals surface area contributed by atoms with Crippen molar-refractivity contribution >= 4 is 12.2 Å². The molecule has 1 aromatic rings. The predicted octanol–water partition coefficient (Wildman–Crippen LogP) is 1.01. The van der Waals surface area contributed by atoms with Gasteiger partial charge in [0.2, 0.25) is 0 Å². The number of aliphatic imine (C=N–C) groups is 1. The summed E-state index contributed by atoms with van der Waals surface area (Å²) in [5.41, 5.74) is 1.15. The SMILES string of the molecule is O=C(O)c1cncc(CN2CCC=NC2)c1. The summed E-state index contributed by atoms with van der Waals surface area (Å²) in [6.45, 7) is 2.34. The van der Waals surface area contributed by atoms with E-state index in [-0.39, 0.29) is 5.56 Å². The molecule has 0 bridgehead atoms. The highest BCUT2D eigenvalue weighted by atomic mass is 16.4. The highest BCUT2D eigenvalue weighted by molar-refractivity contribution is 5.87. The molecule has 1 aromatic heterocycles. The van der Waals surface area contributed by atoms with Crippen LogP contribution < -0.4 is 0 Å². The lowest BCUT2D eigenvalue weighted by atomic mass is 10.2. The van der Waals surface area contributed by atoms with Gasteiger partial charge >= 0.3 is 5.97 Å². The number of carboxylic acids is 1. The number of hydrogen-bond acceptors (Lipinski definition) is 4. The van der Waals surface area contributed by atoms with Gasteiger partial charge in [-0.2, -0.15) is 0 Å². The van der Waals surface area contributed by atoms with Gasteiger partial charge in [0.15, 0.2) is 0 Å². The zero-order valence-corrected chi connectivity index (χ0v) is 8.83. The van der Waals surface area contributed by atoms with Crippen LogP contribution in [0.5, 0.6) is 0 Å². The minimum atomic E-state index is -0.939. The maximum Gasteiger partial charge on any atom is 0.337 e. The van der Waals surface area contributed by atoms with Crippen LogP contribution in [0, 0.1) is 0 Å². The second-order valence-electron chi connectivity index (χ2n) is 3.73. The Morgan fingerprint density at radius 1 is 1.50 bits per heavy atom. The molecule has 5 heteroatoms. The zero-order valence-electron chi connectivity index (χ0n) is 8.83. The first-order valence-corrected chi connectivity index (χ1v) is 5.13. The van der Waals surface area contributed by atoms with E-state index in [0.717, 1.165) is 18.5 Å². The van der Waals surface area contributed by atoms with Gasteiger partial charge in [0, 0.05) is 31.7 Å². The topological polar surface area (TPSA) is 65.8 Å². The van der Waals surface area contributed by atoms with E-state index < -0.39 is 5.97 Å². The normalized spacial score (nSPS) is 16.2. The third-order valence-electron chi connectivity index (χ3n) is 2.43. The Bertz CT molecular complexity index is 417. The molecule has 0 spiro atoms. The van der Waals surface area contributed by atoms with Crippen molar-refractivity contribution in [3.8, 4) is 0 Å². The van der Waals surface area contributed by atoms with Gasteiger partial charge in [0.05, 0.1) is 12.2 Å². The quantitative estimate of drug-likeness (QED) is 0.824. The fraction of sp³-hybridized carbons (Fsp3) is 0.364. The summed E-state index contributed by atoms with van der Waals surface area (Å²) in [7, 11) is 0.